The summed E-state index contributed by atoms with van der Waals surface area (Å²) >= 11 is 6.09. The quantitative estimate of drug-likeness (QED) is 0.776. The molecule has 8 nitrogen and oxygen atoms in total. The Morgan fingerprint density at radius 2 is 1.81 bits per heavy atom. The third-order valence-electron chi connectivity index (χ3n) is 4.07. The SMILES string of the molecule is COc1cc(C(=O)NC(C)C(=O)N2CCS(=O)(=O)CC2)cc(Cl)c1OC. The smallest absolute Gasteiger partial charge is 0.252 e. The number of carbonyl (C=O) groups is 2. The van der Waals surface area contributed by atoms with Gasteiger partial charge < -0.3 is 19.7 Å². The van der Waals surface area contributed by atoms with Gasteiger partial charge in [-0.15, -0.1) is 0 Å². The summed E-state index contributed by atoms with van der Waals surface area (Å²) < 4.78 is 33.2. The number of ether oxygens (including phenoxy) is 2. The fourth-order valence-electron chi connectivity index (χ4n) is 2.60. The molecule has 1 heterocycles. The Balaban J connectivity index is 2.07. The van der Waals surface area contributed by atoms with Crippen LogP contribution in [0.5, 0.6) is 11.5 Å². The molecule has 2 rings (SSSR count). The molecule has 1 unspecified atom stereocenters. The summed E-state index contributed by atoms with van der Waals surface area (Å²) in [4.78, 5) is 26.3. The number of benzene rings is 1. The highest BCUT2D eigenvalue weighted by molar-refractivity contribution is 7.91. The van der Waals surface area contributed by atoms with Crippen molar-refractivity contribution < 1.29 is 27.5 Å². The van der Waals surface area contributed by atoms with E-state index >= 15 is 0 Å². The normalized spacial score (nSPS) is 17.3. The number of carbonyl (C=O) groups excluding carboxylic acids is 2. The molecule has 1 N–H and O–H groups in total. The molecular weight excluding hydrogens is 384 g/mol. The molecule has 0 radical (unpaired) electrons. The number of nitrogens with one attached hydrogen (secondary N) is 1. The van der Waals surface area contributed by atoms with Crippen LogP contribution in [0.1, 0.15) is 17.3 Å². The number of hydrogen-bond acceptors (Lipinski definition) is 6. The van der Waals surface area contributed by atoms with Gasteiger partial charge in [-0.3, -0.25) is 9.59 Å². The van der Waals surface area contributed by atoms with Gasteiger partial charge in [0.1, 0.15) is 6.04 Å². The minimum atomic E-state index is -3.08. The van der Waals surface area contributed by atoms with Crippen LogP contribution < -0.4 is 14.8 Å². The number of sulfone groups is 1. The van der Waals surface area contributed by atoms with E-state index in [0.717, 1.165) is 0 Å². The third kappa shape index (κ3) is 4.59. The molecule has 1 saturated heterocycles. The van der Waals surface area contributed by atoms with E-state index in [2.05, 4.69) is 5.32 Å². The first kappa shape index (κ1) is 20.3. The highest BCUT2D eigenvalue weighted by Crippen LogP contribution is 2.35. The summed E-state index contributed by atoms with van der Waals surface area (Å²) in [5, 5.41) is 2.80. The van der Waals surface area contributed by atoms with Crippen molar-refractivity contribution in [3.63, 3.8) is 0 Å². The zero-order valence-electron chi connectivity index (χ0n) is 14.7. The summed E-state index contributed by atoms with van der Waals surface area (Å²) in [6.07, 6.45) is 0. The van der Waals surface area contributed by atoms with Crippen LogP contribution in [-0.2, 0) is 14.6 Å². The Bertz CT molecular complexity index is 797. The van der Waals surface area contributed by atoms with Gasteiger partial charge in [-0.1, -0.05) is 11.6 Å². The maximum absolute atomic E-state index is 12.4. The Hall–Kier alpha value is -2.00. The lowest BCUT2D eigenvalue weighted by Crippen LogP contribution is -2.51. The molecule has 1 fully saturated rings. The van der Waals surface area contributed by atoms with Crippen molar-refractivity contribution in [1.82, 2.24) is 10.2 Å². The van der Waals surface area contributed by atoms with Gasteiger partial charge in [-0.05, 0) is 19.1 Å². The first-order chi connectivity index (χ1) is 12.2. The Morgan fingerprint density at radius 1 is 1.19 bits per heavy atom. The van der Waals surface area contributed by atoms with Crippen molar-refractivity contribution >= 4 is 33.3 Å². The number of hydrogen-bond donors (Lipinski definition) is 1. The van der Waals surface area contributed by atoms with Crippen LogP contribution in [0.2, 0.25) is 5.02 Å². The van der Waals surface area contributed by atoms with Crippen molar-refractivity contribution in [1.29, 1.82) is 0 Å². The van der Waals surface area contributed by atoms with Gasteiger partial charge >= 0.3 is 0 Å². The molecule has 144 valence electrons. The molecule has 0 aliphatic carbocycles. The van der Waals surface area contributed by atoms with E-state index in [1.807, 2.05) is 0 Å². The van der Waals surface area contributed by atoms with Gasteiger partial charge in [0.05, 0.1) is 30.7 Å². The molecule has 1 aliphatic heterocycles. The second-order valence-corrected chi connectivity index (χ2v) is 8.58. The van der Waals surface area contributed by atoms with Crippen molar-refractivity contribution in [3.05, 3.63) is 22.7 Å². The van der Waals surface area contributed by atoms with Crippen molar-refractivity contribution in [2.75, 3.05) is 38.8 Å². The lowest BCUT2D eigenvalue weighted by Gasteiger charge is -2.29. The van der Waals surface area contributed by atoms with Gasteiger partial charge in [-0.2, -0.15) is 0 Å². The molecule has 10 heteroatoms. The summed E-state index contributed by atoms with van der Waals surface area (Å²) in [6.45, 7) is 1.80. The highest BCUT2D eigenvalue weighted by atomic mass is 35.5. The topological polar surface area (TPSA) is 102 Å². The molecule has 0 spiro atoms. The fraction of sp³-hybridized carbons (Fsp3) is 0.500. The largest absolute Gasteiger partial charge is 0.493 e. The summed E-state index contributed by atoms with van der Waals surface area (Å²) in [5.41, 5.74) is 0.216. The maximum atomic E-state index is 12.4. The van der Waals surface area contributed by atoms with Crippen LogP contribution in [0.15, 0.2) is 12.1 Å². The molecule has 0 saturated carbocycles. The standard InChI is InChI=1S/C16H21ClN2O6S/c1-10(16(21)19-4-6-26(22,23)7-5-19)18-15(20)11-8-12(17)14(25-3)13(9-11)24-2/h8-10H,4-7H2,1-3H3,(H,18,20). The monoisotopic (exact) mass is 404 g/mol. The van der Waals surface area contributed by atoms with Gasteiger partial charge in [0.2, 0.25) is 5.91 Å². The summed E-state index contributed by atoms with van der Waals surface area (Å²) in [6, 6.07) is 2.07. The molecule has 1 aromatic carbocycles. The third-order valence-corrected chi connectivity index (χ3v) is 5.96. The molecule has 0 aromatic heterocycles. The summed E-state index contributed by atoms with van der Waals surface area (Å²) in [7, 11) is -0.225. The zero-order chi connectivity index (χ0) is 19.5. The first-order valence-corrected chi connectivity index (χ1v) is 10.1. The van der Waals surface area contributed by atoms with Gasteiger partial charge in [0.25, 0.3) is 5.91 Å². The first-order valence-electron chi connectivity index (χ1n) is 7.90. The fourth-order valence-corrected chi connectivity index (χ4v) is 4.09. The van der Waals surface area contributed by atoms with E-state index in [1.54, 1.807) is 6.92 Å². The van der Waals surface area contributed by atoms with E-state index in [1.165, 1.54) is 31.3 Å². The van der Waals surface area contributed by atoms with Gasteiger partial charge in [0.15, 0.2) is 21.3 Å². The minimum absolute atomic E-state index is 0.0648. The van der Waals surface area contributed by atoms with Crippen LogP contribution in [0.3, 0.4) is 0 Å². The van der Waals surface area contributed by atoms with Crippen LogP contribution in [-0.4, -0.2) is 70.0 Å². The summed E-state index contributed by atoms with van der Waals surface area (Å²) in [5.74, 6) is -0.358. The predicted molar refractivity (Wildman–Crippen MR) is 96.7 cm³/mol. The molecule has 1 aromatic rings. The number of amides is 2. The number of methoxy groups -OCH3 is 2. The van der Waals surface area contributed by atoms with Crippen LogP contribution in [0.25, 0.3) is 0 Å². The van der Waals surface area contributed by atoms with E-state index in [4.69, 9.17) is 21.1 Å². The molecular formula is C16H21ClN2O6S. The second kappa shape index (κ2) is 8.13. The lowest BCUT2D eigenvalue weighted by molar-refractivity contribution is -0.132. The van der Waals surface area contributed by atoms with E-state index in [0.29, 0.717) is 11.5 Å². The number of nitrogens with zero attached hydrogens (tertiary/aromatic N) is 1. The number of halogens is 1. The van der Waals surface area contributed by atoms with Gasteiger partial charge in [-0.25, -0.2) is 8.42 Å². The van der Waals surface area contributed by atoms with Crippen LogP contribution in [0, 0.1) is 0 Å². The maximum Gasteiger partial charge on any atom is 0.252 e. The van der Waals surface area contributed by atoms with Crippen molar-refractivity contribution in [2.45, 2.75) is 13.0 Å². The molecule has 1 atom stereocenters. The van der Waals surface area contributed by atoms with E-state index < -0.39 is 21.8 Å². The van der Waals surface area contributed by atoms with Crippen molar-refractivity contribution in [3.8, 4) is 11.5 Å². The van der Waals surface area contributed by atoms with E-state index in [-0.39, 0.29) is 41.1 Å². The van der Waals surface area contributed by atoms with Crippen molar-refractivity contribution in [2.24, 2.45) is 0 Å². The van der Waals surface area contributed by atoms with Gasteiger partial charge in [0, 0.05) is 18.7 Å². The van der Waals surface area contributed by atoms with Crippen LogP contribution in [0.4, 0.5) is 0 Å². The molecule has 1 aliphatic rings. The Morgan fingerprint density at radius 3 is 2.35 bits per heavy atom. The molecule has 2 amide bonds. The minimum Gasteiger partial charge on any atom is -0.493 e. The highest BCUT2D eigenvalue weighted by Gasteiger charge is 2.29. The predicted octanol–water partition coefficient (Wildman–Crippen LogP) is 0.733. The lowest BCUT2D eigenvalue weighted by atomic mass is 10.1. The molecule has 0 bridgehead atoms. The Kier molecular flexibility index (Phi) is 6.35. The number of rotatable bonds is 5. The van der Waals surface area contributed by atoms with Crippen LogP contribution >= 0.6 is 11.6 Å². The Labute approximate surface area is 157 Å². The average Bonchev–Trinajstić information content (AvgIpc) is 2.60. The molecule has 26 heavy (non-hydrogen) atoms. The zero-order valence-corrected chi connectivity index (χ0v) is 16.3. The average molecular weight is 405 g/mol. The van der Waals surface area contributed by atoms with E-state index in [9.17, 15) is 18.0 Å². The second-order valence-electron chi connectivity index (χ2n) is 5.87.